The summed E-state index contributed by atoms with van der Waals surface area (Å²) in [6.45, 7) is 4.02. The van der Waals surface area contributed by atoms with Crippen molar-refractivity contribution in [1.29, 1.82) is 0 Å². The average Bonchev–Trinajstić information content (AvgIpc) is 2.28. The first-order chi connectivity index (χ1) is 7.61. The lowest BCUT2D eigenvalue weighted by molar-refractivity contribution is 1.39. The Morgan fingerprint density at radius 2 is 1.29 bits per heavy atom. The lowest BCUT2D eigenvalue weighted by atomic mass is 10.2. The van der Waals surface area contributed by atoms with Crippen LogP contribution in [0.2, 0.25) is 5.02 Å². The van der Waals surface area contributed by atoms with Crippen molar-refractivity contribution in [3.8, 4) is 0 Å². The third-order valence-corrected chi connectivity index (χ3v) is 3.24. The predicted octanol–water partition coefficient (Wildman–Crippen LogP) is 4.49. The van der Waals surface area contributed by atoms with Gasteiger partial charge in [0.2, 0.25) is 0 Å². The molecule has 0 radical (unpaired) electrons. The first kappa shape index (κ1) is 17.0. The Kier molecular flexibility index (Phi) is 8.97. The average molecular weight is 324 g/mol. The van der Waals surface area contributed by atoms with E-state index in [1.165, 1.54) is 0 Å². The Bertz CT molecular complexity index is 423. The van der Waals surface area contributed by atoms with E-state index >= 15 is 0 Å². The minimum absolute atomic E-state index is 0. The van der Waals surface area contributed by atoms with Crippen LogP contribution >= 0.6 is 27.5 Å². The van der Waals surface area contributed by atoms with Gasteiger partial charge in [-0.1, -0.05) is 63.9 Å². The van der Waals surface area contributed by atoms with Crippen LogP contribution in [0.1, 0.15) is 11.1 Å². The fourth-order valence-electron chi connectivity index (χ4n) is 1.21. The van der Waals surface area contributed by atoms with E-state index in [1.54, 1.807) is 0 Å². The second-order valence-electron chi connectivity index (χ2n) is 3.50. The first-order valence-electron chi connectivity index (χ1n) is 5.03. The smallest absolute Gasteiger partial charge is 0.0838 e. The quantitative estimate of drug-likeness (QED) is 0.627. The van der Waals surface area contributed by atoms with E-state index in [0.717, 1.165) is 20.6 Å². The zero-order valence-corrected chi connectivity index (χ0v) is 11.7. The van der Waals surface area contributed by atoms with Crippen molar-refractivity contribution in [3.63, 3.8) is 0 Å². The number of halogens is 2. The number of rotatable bonds is 0. The van der Waals surface area contributed by atoms with Gasteiger partial charge < -0.3 is 0 Å². The summed E-state index contributed by atoms with van der Waals surface area (Å²) >= 11 is 9.19. The third-order valence-electron chi connectivity index (χ3n) is 2.12. The molecule has 0 aliphatic carbocycles. The molecule has 2 aromatic rings. The van der Waals surface area contributed by atoms with E-state index in [2.05, 4.69) is 15.9 Å². The second-order valence-corrected chi connectivity index (χ2v) is 4.79. The molecule has 0 aliphatic rings. The summed E-state index contributed by atoms with van der Waals surface area (Å²) in [5.41, 5.74) is 2.30. The molecule has 0 saturated heterocycles. The highest BCUT2D eigenvalue weighted by atomic mass is 79.9. The zero-order valence-electron chi connectivity index (χ0n) is 9.37. The summed E-state index contributed by atoms with van der Waals surface area (Å²) in [4.78, 5) is 0. The highest BCUT2D eigenvalue weighted by Crippen LogP contribution is 2.18. The normalized spacial score (nSPS) is 8.71. The van der Waals surface area contributed by atoms with Crippen molar-refractivity contribution in [1.82, 2.24) is 0 Å². The Morgan fingerprint density at radius 1 is 0.824 bits per heavy atom. The molecule has 2 aromatic carbocycles. The molecule has 0 amide bonds. The van der Waals surface area contributed by atoms with E-state index in [-0.39, 0.29) is 23.1 Å². The summed E-state index contributed by atoms with van der Waals surface area (Å²) in [6, 6.07) is 16.0. The third kappa shape index (κ3) is 6.46. The number of aryl methyl sites for hydroxylation is 2. The van der Waals surface area contributed by atoms with Gasteiger partial charge in [-0.2, -0.15) is 0 Å². The summed E-state index contributed by atoms with van der Waals surface area (Å²) in [6.07, 6.45) is 0. The van der Waals surface area contributed by atoms with Crippen molar-refractivity contribution >= 4 is 50.6 Å². The van der Waals surface area contributed by atoms with Crippen LogP contribution in [-0.2, 0) is 0 Å². The molecule has 0 heterocycles. The molecule has 0 spiro atoms. The molecule has 0 bridgehead atoms. The van der Waals surface area contributed by atoms with Crippen LogP contribution in [0.25, 0.3) is 0 Å². The molecule has 17 heavy (non-hydrogen) atoms. The summed E-state index contributed by atoms with van der Waals surface area (Å²) in [5, 5.41) is 0.887. The van der Waals surface area contributed by atoms with E-state index in [1.807, 2.05) is 62.4 Å². The van der Waals surface area contributed by atoms with Gasteiger partial charge in [0.15, 0.2) is 0 Å². The predicted molar refractivity (Wildman–Crippen MR) is 83.6 cm³/mol. The fraction of sp³-hybridized carbons (Fsp3) is 0.143. The highest BCUT2D eigenvalue weighted by Gasteiger charge is 1.94. The molecule has 0 aliphatic heterocycles. The SMILES string of the molecule is Brc1ccccc1.Cc1cccc(C)c1Cl.[MgH2]. The molecule has 2 rings (SSSR count). The maximum Gasteiger partial charge on any atom is 0.316 e. The van der Waals surface area contributed by atoms with Gasteiger partial charge >= 0.3 is 23.1 Å². The first-order valence-corrected chi connectivity index (χ1v) is 6.20. The van der Waals surface area contributed by atoms with Crippen LogP contribution in [0, 0.1) is 13.8 Å². The van der Waals surface area contributed by atoms with Crippen molar-refractivity contribution in [2.24, 2.45) is 0 Å². The largest absolute Gasteiger partial charge is 0.316 e. The van der Waals surface area contributed by atoms with E-state index in [9.17, 15) is 0 Å². The number of hydrogen-bond donors (Lipinski definition) is 0. The standard InChI is InChI=1S/C8H9Cl.C6H5Br.Mg.2H/c1-6-4-3-5-7(2)8(6)9;7-6-4-2-1-3-5-6;;;/h3-5H,1-2H3;1-5H;;;. The molecule has 0 fully saturated rings. The molecular weight excluding hydrogens is 308 g/mol. The summed E-state index contributed by atoms with van der Waals surface area (Å²) < 4.78 is 1.13. The Balaban J connectivity index is 0.000000292. The van der Waals surface area contributed by atoms with Crippen LogP contribution in [-0.4, -0.2) is 23.1 Å². The topological polar surface area (TPSA) is 0 Å². The van der Waals surface area contributed by atoms with Crippen LogP contribution in [0.3, 0.4) is 0 Å². The Morgan fingerprint density at radius 3 is 1.59 bits per heavy atom. The maximum absolute atomic E-state index is 5.88. The van der Waals surface area contributed by atoms with Gasteiger partial charge in [-0.05, 0) is 37.1 Å². The minimum Gasteiger partial charge on any atom is -0.0838 e. The van der Waals surface area contributed by atoms with Crippen molar-refractivity contribution in [2.75, 3.05) is 0 Å². The molecule has 0 nitrogen and oxygen atoms in total. The number of hydrogen-bond acceptors (Lipinski definition) is 0. The molecule has 0 N–H and O–H groups in total. The van der Waals surface area contributed by atoms with E-state index in [4.69, 9.17) is 11.6 Å². The van der Waals surface area contributed by atoms with Crippen molar-refractivity contribution in [2.45, 2.75) is 13.8 Å². The van der Waals surface area contributed by atoms with Crippen LogP contribution in [0.4, 0.5) is 0 Å². The van der Waals surface area contributed by atoms with Gasteiger partial charge in [-0.3, -0.25) is 0 Å². The van der Waals surface area contributed by atoms with Gasteiger partial charge in [0, 0.05) is 9.50 Å². The molecule has 0 saturated carbocycles. The second kappa shape index (κ2) is 8.98. The van der Waals surface area contributed by atoms with Gasteiger partial charge in [0.05, 0.1) is 0 Å². The zero-order chi connectivity index (χ0) is 12.0. The molecule has 0 atom stereocenters. The summed E-state index contributed by atoms with van der Waals surface area (Å²) in [7, 11) is 0. The van der Waals surface area contributed by atoms with Crippen molar-refractivity contribution < 1.29 is 0 Å². The van der Waals surface area contributed by atoms with Gasteiger partial charge in [-0.15, -0.1) is 0 Å². The Hall–Kier alpha value is -0.0238. The van der Waals surface area contributed by atoms with Crippen LogP contribution in [0.15, 0.2) is 53.0 Å². The highest BCUT2D eigenvalue weighted by molar-refractivity contribution is 9.10. The summed E-state index contributed by atoms with van der Waals surface area (Å²) in [5.74, 6) is 0. The minimum atomic E-state index is 0. The van der Waals surface area contributed by atoms with Gasteiger partial charge in [0.25, 0.3) is 0 Å². The molecular formula is C14H16BrClMg. The van der Waals surface area contributed by atoms with Crippen LogP contribution < -0.4 is 0 Å². The lowest BCUT2D eigenvalue weighted by Crippen LogP contribution is -1.77. The number of benzene rings is 2. The Labute approximate surface area is 133 Å². The monoisotopic (exact) mass is 322 g/mol. The molecule has 3 heteroatoms. The lowest BCUT2D eigenvalue weighted by Gasteiger charge is -1.98. The van der Waals surface area contributed by atoms with Gasteiger partial charge in [-0.25, -0.2) is 0 Å². The molecule has 0 aromatic heterocycles. The van der Waals surface area contributed by atoms with Crippen molar-refractivity contribution in [3.05, 3.63) is 69.2 Å². The maximum atomic E-state index is 5.88. The molecule has 88 valence electrons. The van der Waals surface area contributed by atoms with E-state index < -0.39 is 0 Å². The van der Waals surface area contributed by atoms with Gasteiger partial charge in [0.1, 0.15) is 0 Å². The van der Waals surface area contributed by atoms with Crippen LogP contribution in [0.5, 0.6) is 0 Å². The molecule has 0 unspecified atom stereocenters. The van der Waals surface area contributed by atoms with E-state index in [0.29, 0.717) is 0 Å². The fourth-order valence-corrected chi connectivity index (χ4v) is 1.64.